The third-order valence-electron chi connectivity index (χ3n) is 5.84. The van der Waals surface area contributed by atoms with Gasteiger partial charge in [0.15, 0.2) is 0 Å². The Morgan fingerprint density at radius 3 is 2.57 bits per heavy atom. The lowest BCUT2D eigenvalue weighted by atomic mass is 9.86. The highest BCUT2D eigenvalue weighted by Crippen LogP contribution is 2.30. The quantitative estimate of drug-likeness (QED) is 0.811. The van der Waals surface area contributed by atoms with Crippen molar-refractivity contribution in [1.29, 1.82) is 0 Å². The molecule has 1 heterocycles. The largest absolute Gasteiger partial charge is 0.392 e. The van der Waals surface area contributed by atoms with Gasteiger partial charge in [-0.05, 0) is 50.9 Å². The van der Waals surface area contributed by atoms with Gasteiger partial charge in [0.1, 0.15) is 0 Å². The van der Waals surface area contributed by atoms with Crippen molar-refractivity contribution >= 4 is 0 Å². The number of ether oxygens (including phenoxy) is 1. The van der Waals surface area contributed by atoms with Gasteiger partial charge in [-0.15, -0.1) is 0 Å². The van der Waals surface area contributed by atoms with Crippen LogP contribution in [0.4, 0.5) is 0 Å². The molecule has 0 amide bonds. The molecule has 0 bridgehead atoms. The number of aliphatic hydroxyl groups excluding tert-OH is 1. The second-order valence-electron chi connectivity index (χ2n) is 7.38. The fraction of sp³-hybridized carbons (Fsp3) is 1.00. The maximum absolute atomic E-state index is 9.77. The lowest BCUT2D eigenvalue weighted by molar-refractivity contribution is 0.116. The number of nitrogens with one attached hydrogen (secondary N) is 1. The van der Waals surface area contributed by atoms with Crippen LogP contribution in [0.25, 0.3) is 0 Å². The number of likely N-dealkylation sites (tertiary alicyclic amines) is 1. The van der Waals surface area contributed by atoms with Crippen LogP contribution >= 0.6 is 0 Å². The fourth-order valence-electron chi connectivity index (χ4n) is 4.68. The Labute approximate surface area is 129 Å². The van der Waals surface area contributed by atoms with E-state index in [0.717, 1.165) is 32.0 Å². The average Bonchev–Trinajstić information content (AvgIpc) is 3.10. The molecule has 1 unspecified atom stereocenters. The van der Waals surface area contributed by atoms with Crippen LogP contribution in [-0.4, -0.2) is 61.0 Å². The van der Waals surface area contributed by atoms with E-state index >= 15 is 0 Å². The van der Waals surface area contributed by atoms with Gasteiger partial charge in [0.05, 0.1) is 6.10 Å². The van der Waals surface area contributed by atoms with Crippen molar-refractivity contribution in [1.82, 2.24) is 10.2 Å². The van der Waals surface area contributed by atoms with Crippen LogP contribution in [0.2, 0.25) is 0 Å². The molecular weight excluding hydrogens is 264 g/mol. The van der Waals surface area contributed by atoms with E-state index in [2.05, 4.69) is 10.2 Å². The van der Waals surface area contributed by atoms with Crippen molar-refractivity contribution in [3.8, 4) is 0 Å². The van der Waals surface area contributed by atoms with Gasteiger partial charge in [-0.3, -0.25) is 4.90 Å². The summed E-state index contributed by atoms with van der Waals surface area (Å²) in [5.41, 5.74) is 0. The van der Waals surface area contributed by atoms with E-state index < -0.39 is 0 Å². The molecule has 122 valence electrons. The molecule has 3 aliphatic rings. The van der Waals surface area contributed by atoms with Gasteiger partial charge in [0.2, 0.25) is 0 Å². The summed E-state index contributed by atoms with van der Waals surface area (Å²) >= 11 is 0. The highest BCUT2D eigenvalue weighted by Gasteiger charge is 2.36. The van der Waals surface area contributed by atoms with E-state index in [0.29, 0.717) is 18.1 Å². The SMILES string of the molecule is COCC1CCC(N[C@@H]2CCC[C@@H]2N2CCC(O)C2)CC1. The molecule has 3 rings (SSSR count). The Hall–Kier alpha value is -0.160. The van der Waals surface area contributed by atoms with Gasteiger partial charge >= 0.3 is 0 Å². The topological polar surface area (TPSA) is 44.7 Å². The number of rotatable bonds is 5. The molecule has 4 nitrogen and oxygen atoms in total. The standard InChI is InChI=1S/C17H32N2O2/c1-21-12-13-5-7-14(8-6-13)18-16-3-2-4-17(16)19-10-9-15(20)11-19/h13-18,20H,2-12H2,1H3/t13?,14?,15?,16-,17+/m1/s1. The smallest absolute Gasteiger partial charge is 0.0679 e. The molecular formula is C17H32N2O2. The van der Waals surface area contributed by atoms with Crippen LogP contribution in [0.15, 0.2) is 0 Å². The van der Waals surface area contributed by atoms with Crippen molar-refractivity contribution < 1.29 is 9.84 Å². The summed E-state index contributed by atoms with van der Waals surface area (Å²) in [4.78, 5) is 2.53. The third kappa shape index (κ3) is 3.98. The molecule has 0 radical (unpaired) electrons. The molecule has 0 aromatic carbocycles. The van der Waals surface area contributed by atoms with Crippen LogP contribution in [0, 0.1) is 5.92 Å². The molecule has 1 saturated heterocycles. The summed E-state index contributed by atoms with van der Waals surface area (Å²) in [7, 11) is 1.82. The average molecular weight is 296 g/mol. The predicted molar refractivity (Wildman–Crippen MR) is 84.4 cm³/mol. The number of aliphatic hydroxyl groups is 1. The Kier molecular flexibility index (Phi) is 5.54. The predicted octanol–water partition coefficient (Wildman–Crippen LogP) is 1.77. The first-order chi connectivity index (χ1) is 10.3. The zero-order valence-electron chi connectivity index (χ0n) is 13.5. The van der Waals surface area contributed by atoms with E-state index in [1.165, 1.54) is 44.9 Å². The molecule has 2 aliphatic carbocycles. The number of nitrogens with zero attached hydrogens (tertiary/aromatic N) is 1. The van der Waals surface area contributed by atoms with E-state index in [1.807, 2.05) is 7.11 Å². The van der Waals surface area contributed by atoms with Crippen LogP contribution in [-0.2, 0) is 4.74 Å². The first kappa shape index (κ1) is 15.7. The number of β-amino-alcohol motifs (C(OH)–C–C–N with tert-alkyl or cyclic N) is 1. The number of hydrogen-bond acceptors (Lipinski definition) is 4. The molecule has 3 atom stereocenters. The third-order valence-corrected chi connectivity index (χ3v) is 5.84. The number of methoxy groups -OCH3 is 1. The molecule has 3 fully saturated rings. The molecule has 1 aliphatic heterocycles. The minimum absolute atomic E-state index is 0.0873. The minimum Gasteiger partial charge on any atom is -0.392 e. The second kappa shape index (κ2) is 7.40. The van der Waals surface area contributed by atoms with E-state index in [-0.39, 0.29) is 6.10 Å². The molecule has 2 N–H and O–H groups in total. The van der Waals surface area contributed by atoms with Gasteiger partial charge < -0.3 is 15.2 Å². The summed E-state index contributed by atoms with van der Waals surface area (Å²) in [6, 6.07) is 2.02. The maximum atomic E-state index is 9.77. The highest BCUT2D eigenvalue weighted by molar-refractivity contribution is 4.95. The second-order valence-corrected chi connectivity index (χ2v) is 7.38. The molecule has 0 aromatic heterocycles. The van der Waals surface area contributed by atoms with Gasteiger partial charge in [0.25, 0.3) is 0 Å². The molecule has 21 heavy (non-hydrogen) atoms. The van der Waals surface area contributed by atoms with E-state index in [9.17, 15) is 5.11 Å². The van der Waals surface area contributed by atoms with Crippen LogP contribution in [0.1, 0.15) is 51.4 Å². The Morgan fingerprint density at radius 2 is 1.90 bits per heavy atom. The molecule has 0 spiro atoms. The minimum atomic E-state index is -0.0873. The lowest BCUT2D eigenvalue weighted by Gasteiger charge is -2.35. The Bertz CT molecular complexity index is 318. The first-order valence-corrected chi connectivity index (χ1v) is 8.93. The summed E-state index contributed by atoms with van der Waals surface area (Å²) in [6.07, 6.45) is 10.1. The monoisotopic (exact) mass is 296 g/mol. The van der Waals surface area contributed by atoms with Crippen molar-refractivity contribution in [3.05, 3.63) is 0 Å². The Balaban J connectivity index is 1.46. The van der Waals surface area contributed by atoms with Crippen LogP contribution < -0.4 is 5.32 Å². The highest BCUT2D eigenvalue weighted by atomic mass is 16.5. The summed E-state index contributed by atoms with van der Waals surface area (Å²) in [5.74, 6) is 0.779. The molecule has 4 heteroatoms. The normalized spacial score (nSPS) is 41.7. The van der Waals surface area contributed by atoms with Gasteiger partial charge in [0, 0.05) is 44.9 Å². The fourth-order valence-corrected chi connectivity index (χ4v) is 4.68. The van der Waals surface area contributed by atoms with E-state index in [1.54, 1.807) is 0 Å². The number of hydrogen-bond donors (Lipinski definition) is 2. The van der Waals surface area contributed by atoms with Gasteiger partial charge in [-0.25, -0.2) is 0 Å². The summed E-state index contributed by atoms with van der Waals surface area (Å²) in [6.45, 7) is 2.92. The maximum Gasteiger partial charge on any atom is 0.0679 e. The summed E-state index contributed by atoms with van der Waals surface area (Å²) in [5, 5.41) is 13.7. The molecule has 0 aromatic rings. The van der Waals surface area contributed by atoms with Gasteiger partial charge in [-0.2, -0.15) is 0 Å². The molecule has 2 saturated carbocycles. The van der Waals surface area contributed by atoms with E-state index in [4.69, 9.17) is 4.74 Å². The Morgan fingerprint density at radius 1 is 1.10 bits per heavy atom. The zero-order chi connectivity index (χ0) is 14.7. The van der Waals surface area contributed by atoms with Crippen molar-refractivity contribution in [2.45, 2.75) is 75.6 Å². The van der Waals surface area contributed by atoms with Crippen molar-refractivity contribution in [2.24, 2.45) is 5.92 Å². The zero-order valence-corrected chi connectivity index (χ0v) is 13.5. The van der Waals surface area contributed by atoms with Crippen molar-refractivity contribution in [3.63, 3.8) is 0 Å². The van der Waals surface area contributed by atoms with Gasteiger partial charge in [-0.1, -0.05) is 6.42 Å². The van der Waals surface area contributed by atoms with Crippen LogP contribution in [0.3, 0.4) is 0 Å². The van der Waals surface area contributed by atoms with Crippen LogP contribution in [0.5, 0.6) is 0 Å². The first-order valence-electron chi connectivity index (χ1n) is 8.93. The van der Waals surface area contributed by atoms with Crippen molar-refractivity contribution in [2.75, 3.05) is 26.8 Å². The summed E-state index contributed by atoms with van der Waals surface area (Å²) < 4.78 is 5.29. The lowest BCUT2D eigenvalue weighted by Crippen LogP contribution is -2.50.